The Hall–Kier alpha value is -1.58. The Morgan fingerprint density at radius 1 is 0.397 bits per heavy atom. The molecule has 0 aromatic rings. The fourth-order valence-corrected chi connectivity index (χ4v) is 9.05. The molecule has 1 radical (unpaired) electrons. The molecule has 0 aliphatic heterocycles. The summed E-state index contributed by atoms with van der Waals surface area (Å²) in [6.45, 7) is 6.69. The Bertz CT molecular complexity index is 1090. The summed E-state index contributed by atoms with van der Waals surface area (Å²) in [6.07, 6.45) is 43.3. The van der Waals surface area contributed by atoms with Crippen LogP contribution in [0.5, 0.6) is 0 Å². The number of ketones is 3. The van der Waals surface area contributed by atoms with E-state index < -0.39 is 40.5 Å². The summed E-state index contributed by atoms with van der Waals surface area (Å²) >= 11 is 4.09. The van der Waals surface area contributed by atoms with E-state index in [1.54, 1.807) is 6.29 Å². The number of rotatable bonds is 50. The molecule has 0 aliphatic carbocycles. The second kappa shape index (κ2) is 43.0. The van der Waals surface area contributed by atoms with E-state index in [9.17, 15) is 34.2 Å². The lowest BCUT2D eigenvalue weighted by Gasteiger charge is -2.39. The zero-order chi connectivity index (χ0) is 46.7. The molecule has 0 saturated carbocycles. The highest BCUT2D eigenvalue weighted by Gasteiger charge is 2.66. The van der Waals surface area contributed by atoms with Crippen LogP contribution in [-0.2, 0) is 24.0 Å². The molecule has 1 unspecified atom stereocenters. The number of Topliss-reactive ketones (excluding diaryl/α,β-unsaturated/α-hetero) is 3. The summed E-state index contributed by atoms with van der Waals surface area (Å²) in [5.41, 5.74) is -6.66. The smallest absolute Gasteiger partial charge is 0.264 e. The zero-order valence-electron chi connectivity index (χ0n) is 41.4. The molecule has 0 saturated heterocycles. The minimum atomic E-state index is -3.39. The molecule has 369 valence electrons. The third kappa shape index (κ3) is 28.9. The molecule has 0 rings (SSSR count). The lowest BCUT2D eigenvalue weighted by atomic mass is 9.70. The molecule has 3 N–H and O–H groups in total. The van der Waals surface area contributed by atoms with Gasteiger partial charge < -0.3 is 15.5 Å². The van der Waals surface area contributed by atoms with Gasteiger partial charge in [-0.05, 0) is 19.3 Å². The van der Waals surface area contributed by atoms with E-state index in [-0.39, 0.29) is 25.0 Å². The first-order chi connectivity index (χ1) is 30.6. The number of thiol groups is 1. The van der Waals surface area contributed by atoms with Crippen molar-refractivity contribution in [2.45, 2.75) is 308 Å². The van der Waals surface area contributed by atoms with E-state index in [4.69, 9.17) is 0 Å². The number of carbonyl (C=O) groups is 4. The van der Waals surface area contributed by atoms with Gasteiger partial charge in [0, 0.05) is 25.0 Å². The molecular weight excluding hydrogens is 807 g/mol. The normalized spacial score (nSPS) is 13.2. The highest BCUT2D eigenvalue weighted by molar-refractivity contribution is 7.80. The standard InChI is InChI=1S/C54H100NO7S/c1-4-7-10-13-16-19-22-25-28-31-34-37-40-43-49(57)53(61,50(58)44-41-38-35-32-29-26-23-20-17-14-11-8-5-2)54(62,52(60)55-48(46-56)47-63)51(59)45-42-39-36-33-30-27-24-21-18-15-12-9-6-3/h48,61-63H,4-45,47H2,1-3H3,(H,55,60)/t48?,54-/m0/s1. The van der Waals surface area contributed by atoms with E-state index >= 15 is 0 Å². The average Bonchev–Trinajstić information content (AvgIpc) is 3.29. The summed E-state index contributed by atoms with van der Waals surface area (Å²) < 4.78 is 0. The van der Waals surface area contributed by atoms with E-state index in [2.05, 4.69) is 38.7 Å². The lowest BCUT2D eigenvalue weighted by Crippen LogP contribution is -2.74. The van der Waals surface area contributed by atoms with Gasteiger partial charge in [0.2, 0.25) is 17.5 Å². The van der Waals surface area contributed by atoms with Crippen molar-refractivity contribution in [2.75, 3.05) is 5.75 Å². The molecule has 2 atom stereocenters. The quantitative estimate of drug-likeness (QED) is 0.0271. The fourth-order valence-electron chi connectivity index (χ4n) is 8.88. The van der Waals surface area contributed by atoms with Gasteiger partial charge in [-0.2, -0.15) is 12.6 Å². The second-order valence-corrected chi connectivity index (χ2v) is 19.4. The summed E-state index contributed by atoms with van der Waals surface area (Å²) in [4.78, 5) is 68.0. The largest absolute Gasteiger partial charge is 0.372 e. The molecule has 0 bridgehead atoms. The van der Waals surface area contributed by atoms with Gasteiger partial charge in [-0.25, -0.2) is 0 Å². The first kappa shape index (κ1) is 61.4. The Balaban J connectivity index is 5.61. The van der Waals surface area contributed by atoms with Crippen LogP contribution >= 0.6 is 12.6 Å². The molecule has 0 heterocycles. The predicted octanol–water partition coefficient (Wildman–Crippen LogP) is 14.1. The number of hydrogen-bond acceptors (Lipinski definition) is 8. The van der Waals surface area contributed by atoms with Crippen molar-refractivity contribution >= 4 is 42.2 Å². The van der Waals surface area contributed by atoms with Gasteiger partial charge in [0.1, 0.15) is 6.04 Å². The number of amides is 1. The van der Waals surface area contributed by atoms with Gasteiger partial charge in [-0.15, -0.1) is 0 Å². The van der Waals surface area contributed by atoms with Gasteiger partial charge in [-0.3, -0.25) is 24.0 Å². The summed E-state index contributed by atoms with van der Waals surface area (Å²) in [7, 11) is 0. The Labute approximate surface area is 393 Å². The second-order valence-electron chi connectivity index (χ2n) is 19.0. The third-order valence-electron chi connectivity index (χ3n) is 13.2. The van der Waals surface area contributed by atoms with Crippen LogP contribution in [0.1, 0.15) is 290 Å². The van der Waals surface area contributed by atoms with Crippen molar-refractivity contribution in [3.05, 3.63) is 0 Å². The maximum Gasteiger partial charge on any atom is 0.264 e. The highest BCUT2D eigenvalue weighted by Crippen LogP contribution is 2.33. The van der Waals surface area contributed by atoms with Crippen LogP contribution in [0.15, 0.2) is 0 Å². The van der Waals surface area contributed by atoms with E-state index in [0.29, 0.717) is 38.5 Å². The van der Waals surface area contributed by atoms with E-state index in [1.807, 2.05) is 0 Å². The summed E-state index contributed by atoms with van der Waals surface area (Å²) in [5, 5.41) is 26.8. The molecule has 0 aliphatic rings. The van der Waals surface area contributed by atoms with Gasteiger partial charge in [0.05, 0.1) is 0 Å². The predicted molar refractivity (Wildman–Crippen MR) is 267 cm³/mol. The number of aliphatic hydroxyl groups is 2. The maximum atomic E-state index is 14.2. The number of unbranched alkanes of at least 4 members (excludes halogenated alkanes) is 36. The number of nitrogens with one attached hydrogen (secondary N) is 1. The van der Waals surface area contributed by atoms with E-state index in [1.165, 1.54) is 154 Å². The molecular formula is C54H100NO7S. The average molecular weight is 907 g/mol. The molecule has 0 aromatic carbocycles. The van der Waals surface area contributed by atoms with Crippen molar-refractivity contribution in [1.82, 2.24) is 5.32 Å². The van der Waals surface area contributed by atoms with Crippen LogP contribution < -0.4 is 5.32 Å². The van der Waals surface area contributed by atoms with Crippen LogP contribution in [0.2, 0.25) is 0 Å². The van der Waals surface area contributed by atoms with Crippen molar-refractivity contribution in [3.63, 3.8) is 0 Å². The fraction of sp³-hybridized carbons (Fsp3) is 0.907. The summed E-state index contributed by atoms with van der Waals surface area (Å²) in [5.74, 6) is -4.72. The minimum Gasteiger partial charge on any atom is -0.372 e. The molecule has 8 nitrogen and oxygen atoms in total. The van der Waals surface area contributed by atoms with Crippen molar-refractivity contribution in [3.8, 4) is 0 Å². The Morgan fingerprint density at radius 3 is 0.810 bits per heavy atom. The van der Waals surface area contributed by atoms with Crippen molar-refractivity contribution < 1.29 is 34.2 Å². The van der Waals surface area contributed by atoms with Crippen LogP contribution in [0.25, 0.3) is 0 Å². The van der Waals surface area contributed by atoms with Crippen LogP contribution in [0.4, 0.5) is 0 Å². The number of carbonyl (C=O) groups excluding carboxylic acids is 5. The lowest BCUT2D eigenvalue weighted by molar-refractivity contribution is -0.192. The molecule has 0 spiro atoms. The van der Waals surface area contributed by atoms with Crippen molar-refractivity contribution in [1.29, 1.82) is 0 Å². The van der Waals surface area contributed by atoms with Crippen LogP contribution in [0.3, 0.4) is 0 Å². The monoisotopic (exact) mass is 907 g/mol. The van der Waals surface area contributed by atoms with Gasteiger partial charge in [0.25, 0.3) is 5.91 Å². The van der Waals surface area contributed by atoms with Gasteiger partial charge in [0.15, 0.2) is 17.3 Å². The Kier molecular flexibility index (Phi) is 41.9. The third-order valence-corrected chi connectivity index (χ3v) is 13.6. The molecule has 9 heteroatoms. The molecule has 1 amide bonds. The topological polar surface area (TPSA) is 138 Å². The molecule has 63 heavy (non-hydrogen) atoms. The minimum absolute atomic E-state index is 0.184. The molecule has 0 fully saturated rings. The van der Waals surface area contributed by atoms with Gasteiger partial charge in [-0.1, -0.05) is 252 Å². The number of hydrogen-bond donors (Lipinski definition) is 4. The zero-order valence-corrected chi connectivity index (χ0v) is 42.3. The van der Waals surface area contributed by atoms with Gasteiger partial charge >= 0.3 is 0 Å². The SMILES string of the molecule is CCCCCCCCCCCCCCCC(=O)C(O)(C(=O)CCCCCCCCCCCCCCC)[C@](O)(C(=O)CCCCCCCCCCCCCCC)C(=O)NC([C]=O)CS. The highest BCUT2D eigenvalue weighted by atomic mass is 32.1. The van der Waals surface area contributed by atoms with E-state index in [0.717, 1.165) is 57.8 Å². The maximum absolute atomic E-state index is 14.2. The molecule has 0 aromatic heterocycles. The Morgan fingerprint density at radius 2 is 0.603 bits per heavy atom. The van der Waals surface area contributed by atoms with Crippen LogP contribution in [-0.4, -0.2) is 62.8 Å². The first-order valence-electron chi connectivity index (χ1n) is 27.0. The first-order valence-corrected chi connectivity index (χ1v) is 27.6. The van der Waals surface area contributed by atoms with Crippen molar-refractivity contribution in [2.24, 2.45) is 0 Å². The van der Waals surface area contributed by atoms with Crippen LogP contribution in [0, 0.1) is 0 Å². The summed E-state index contributed by atoms with van der Waals surface area (Å²) in [6, 6.07) is -1.31.